The highest BCUT2D eigenvalue weighted by Gasteiger charge is 2.11. The van der Waals surface area contributed by atoms with Crippen molar-refractivity contribution in [3.8, 4) is 16.9 Å². The molecular weight excluding hydrogens is 340 g/mol. The highest BCUT2D eigenvalue weighted by atomic mass is 35.5. The van der Waals surface area contributed by atoms with E-state index in [1.807, 2.05) is 12.1 Å². The molecule has 0 bridgehead atoms. The summed E-state index contributed by atoms with van der Waals surface area (Å²) < 4.78 is 5.30. The molecule has 25 heavy (non-hydrogen) atoms. The number of phenols is 1. The van der Waals surface area contributed by atoms with Gasteiger partial charge in [-0.3, -0.25) is 9.69 Å². The number of amides is 1. The Kier molecular flexibility index (Phi) is 5.91. The summed E-state index contributed by atoms with van der Waals surface area (Å²) >= 11 is 5.98. The van der Waals surface area contributed by atoms with Gasteiger partial charge < -0.3 is 15.2 Å². The first-order valence-electron chi connectivity index (χ1n) is 8.31. The Morgan fingerprint density at radius 3 is 2.60 bits per heavy atom. The van der Waals surface area contributed by atoms with Crippen molar-refractivity contribution in [2.24, 2.45) is 0 Å². The second-order valence-corrected chi connectivity index (χ2v) is 6.39. The van der Waals surface area contributed by atoms with E-state index >= 15 is 0 Å². The third kappa shape index (κ3) is 4.72. The maximum absolute atomic E-state index is 12.2. The molecule has 1 aliphatic heterocycles. The van der Waals surface area contributed by atoms with Crippen molar-refractivity contribution in [2.45, 2.75) is 0 Å². The van der Waals surface area contributed by atoms with Crippen LogP contribution in [0.15, 0.2) is 42.5 Å². The fraction of sp³-hybridized carbons (Fsp3) is 0.316. The van der Waals surface area contributed by atoms with Crippen molar-refractivity contribution < 1.29 is 14.6 Å². The van der Waals surface area contributed by atoms with Gasteiger partial charge in [0.05, 0.1) is 13.2 Å². The monoisotopic (exact) mass is 360 g/mol. The molecule has 2 aromatic carbocycles. The zero-order valence-electron chi connectivity index (χ0n) is 13.9. The topological polar surface area (TPSA) is 61.8 Å². The number of nitrogens with one attached hydrogen (secondary N) is 1. The van der Waals surface area contributed by atoms with Crippen LogP contribution >= 0.6 is 11.6 Å². The van der Waals surface area contributed by atoms with Crippen LogP contribution in [0.2, 0.25) is 5.02 Å². The quantitative estimate of drug-likeness (QED) is 0.860. The zero-order chi connectivity index (χ0) is 17.6. The van der Waals surface area contributed by atoms with Gasteiger partial charge in [-0.25, -0.2) is 0 Å². The first-order chi connectivity index (χ1) is 12.1. The van der Waals surface area contributed by atoms with Gasteiger partial charge >= 0.3 is 0 Å². The minimum atomic E-state index is -0.102. The minimum Gasteiger partial charge on any atom is -0.507 e. The maximum atomic E-state index is 12.2. The Labute approximate surface area is 152 Å². The molecule has 132 valence electrons. The van der Waals surface area contributed by atoms with Crippen molar-refractivity contribution in [2.75, 3.05) is 39.4 Å². The van der Waals surface area contributed by atoms with Gasteiger partial charge in [0.15, 0.2) is 0 Å². The number of carbonyl (C=O) groups is 1. The average molecular weight is 361 g/mol. The molecule has 5 nitrogen and oxygen atoms in total. The predicted molar refractivity (Wildman–Crippen MR) is 98.1 cm³/mol. The standard InChI is InChI=1S/C19H21ClN2O3/c20-16-5-6-18(23)17(13-16)14-1-3-15(4-2-14)19(24)21-7-8-22-9-11-25-12-10-22/h1-6,13,23H,7-12H2,(H,21,24). The van der Waals surface area contributed by atoms with Gasteiger partial charge in [0.2, 0.25) is 0 Å². The summed E-state index contributed by atoms with van der Waals surface area (Å²) in [7, 11) is 0. The number of ether oxygens (including phenoxy) is 1. The molecule has 0 aliphatic carbocycles. The predicted octanol–water partition coefficient (Wildman–Crippen LogP) is 2.77. The molecule has 1 heterocycles. The van der Waals surface area contributed by atoms with Crippen molar-refractivity contribution in [3.05, 3.63) is 53.1 Å². The van der Waals surface area contributed by atoms with Gasteiger partial charge in [0, 0.05) is 42.3 Å². The Morgan fingerprint density at radius 1 is 1.16 bits per heavy atom. The largest absolute Gasteiger partial charge is 0.507 e. The van der Waals surface area contributed by atoms with Crippen LogP contribution in [0.4, 0.5) is 0 Å². The van der Waals surface area contributed by atoms with Gasteiger partial charge in [-0.15, -0.1) is 0 Å². The maximum Gasteiger partial charge on any atom is 0.251 e. The highest BCUT2D eigenvalue weighted by molar-refractivity contribution is 6.31. The smallest absolute Gasteiger partial charge is 0.251 e. The number of phenolic OH excluding ortho intramolecular Hbond substituents is 1. The molecule has 6 heteroatoms. The fourth-order valence-electron chi connectivity index (χ4n) is 2.80. The summed E-state index contributed by atoms with van der Waals surface area (Å²) in [6.07, 6.45) is 0. The van der Waals surface area contributed by atoms with E-state index in [1.54, 1.807) is 30.3 Å². The fourth-order valence-corrected chi connectivity index (χ4v) is 2.97. The number of morpholine rings is 1. The molecular formula is C19H21ClN2O3. The summed E-state index contributed by atoms with van der Waals surface area (Å²) in [5.41, 5.74) is 2.05. The van der Waals surface area contributed by atoms with Crippen molar-refractivity contribution in [1.29, 1.82) is 0 Å². The van der Waals surface area contributed by atoms with E-state index in [0.717, 1.165) is 38.4 Å². The SMILES string of the molecule is O=C(NCCN1CCOCC1)c1ccc(-c2cc(Cl)ccc2O)cc1. The molecule has 0 unspecified atom stereocenters. The minimum absolute atomic E-state index is 0.102. The van der Waals surface area contributed by atoms with Gasteiger partial charge in [-0.2, -0.15) is 0 Å². The van der Waals surface area contributed by atoms with Gasteiger partial charge in [-0.05, 0) is 35.9 Å². The number of halogens is 1. The summed E-state index contributed by atoms with van der Waals surface area (Å²) in [6, 6.07) is 12.0. The Hall–Kier alpha value is -2.08. The van der Waals surface area contributed by atoms with Gasteiger partial charge in [0.25, 0.3) is 5.91 Å². The van der Waals surface area contributed by atoms with Crippen LogP contribution in [0, 0.1) is 0 Å². The van der Waals surface area contributed by atoms with E-state index in [1.165, 1.54) is 0 Å². The molecule has 1 amide bonds. The molecule has 0 aromatic heterocycles. The summed E-state index contributed by atoms with van der Waals surface area (Å²) in [5, 5.41) is 13.4. The third-order valence-corrected chi connectivity index (χ3v) is 4.47. The molecule has 0 atom stereocenters. The van der Waals surface area contributed by atoms with Crippen molar-refractivity contribution in [3.63, 3.8) is 0 Å². The number of aromatic hydroxyl groups is 1. The summed E-state index contributed by atoms with van der Waals surface area (Å²) in [6.45, 7) is 4.76. The molecule has 2 N–H and O–H groups in total. The van der Waals surface area contributed by atoms with Crippen LogP contribution in [0.1, 0.15) is 10.4 Å². The second-order valence-electron chi connectivity index (χ2n) is 5.95. The van der Waals surface area contributed by atoms with E-state index in [9.17, 15) is 9.90 Å². The Balaban J connectivity index is 1.57. The lowest BCUT2D eigenvalue weighted by atomic mass is 10.0. The molecule has 3 rings (SSSR count). The third-order valence-electron chi connectivity index (χ3n) is 4.23. The van der Waals surface area contributed by atoms with E-state index in [-0.39, 0.29) is 11.7 Å². The molecule has 2 aromatic rings. The van der Waals surface area contributed by atoms with Gasteiger partial charge in [0.1, 0.15) is 5.75 Å². The lowest BCUT2D eigenvalue weighted by Crippen LogP contribution is -2.41. The molecule has 0 saturated carbocycles. The lowest BCUT2D eigenvalue weighted by Gasteiger charge is -2.26. The van der Waals surface area contributed by atoms with Gasteiger partial charge in [-0.1, -0.05) is 23.7 Å². The summed E-state index contributed by atoms with van der Waals surface area (Å²) in [4.78, 5) is 14.5. The first-order valence-corrected chi connectivity index (χ1v) is 8.68. The molecule has 0 spiro atoms. The van der Waals surface area contributed by atoms with Crippen LogP contribution < -0.4 is 5.32 Å². The van der Waals surface area contributed by atoms with Crippen LogP contribution in [-0.4, -0.2) is 55.3 Å². The van der Waals surface area contributed by atoms with E-state index in [4.69, 9.17) is 16.3 Å². The number of hydrogen-bond acceptors (Lipinski definition) is 4. The number of rotatable bonds is 5. The van der Waals surface area contributed by atoms with Crippen LogP contribution in [0.5, 0.6) is 5.75 Å². The van der Waals surface area contributed by atoms with Crippen LogP contribution in [0.3, 0.4) is 0 Å². The number of hydrogen-bond donors (Lipinski definition) is 2. The van der Waals surface area contributed by atoms with Crippen LogP contribution in [0.25, 0.3) is 11.1 Å². The molecule has 0 radical (unpaired) electrons. The molecule has 1 saturated heterocycles. The first kappa shape index (κ1) is 17.7. The second kappa shape index (κ2) is 8.34. The van der Waals surface area contributed by atoms with Crippen molar-refractivity contribution in [1.82, 2.24) is 10.2 Å². The Bertz CT molecular complexity index is 728. The zero-order valence-corrected chi connectivity index (χ0v) is 14.6. The average Bonchev–Trinajstić information content (AvgIpc) is 2.65. The normalized spacial score (nSPS) is 15.1. The molecule has 1 aliphatic rings. The Morgan fingerprint density at radius 2 is 1.88 bits per heavy atom. The number of carbonyl (C=O) groups excluding carboxylic acids is 1. The highest BCUT2D eigenvalue weighted by Crippen LogP contribution is 2.31. The van der Waals surface area contributed by atoms with E-state index < -0.39 is 0 Å². The lowest BCUT2D eigenvalue weighted by molar-refractivity contribution is 0.0383. The van der Waals surface area contributed by atoms with E-state index in [2.05, 4.69) is 10.2 Å². The van der Waals surface area contributed by atoms with Crippen molar-refractivity contribution >= 4 is 17.5 Å². The molecule has 1 fully saturated rings. The van der Waals surface area contributed by atoms with Crippen LogP contribution in [-0.2, 0) is 4.74 Å². The summed E-state index contributed by atoms with van der Waals surface area (Å²) in [5.74, 6) is 0.0576. The number of benzene rings is 2. The van der Waals surface area contributed by atoms with E-state index in [0.29, 0.717) is 22.7 Å². The number of nitrogens with zero attached hydrogens (tertiary/aromatic N) is 1.